The fraction of sp³-hybridized carbons (Fsp3) is 0.717. The SMILES string of the molecule is CC/C=C\C/C=C\C/C=C\CCCCCCCCCC(=O)OCC(COC(=O)CCCCCCC/C=C\CCC)OC(=O)CCCCCCC/C=C\C/C=C\CCCC. The highest BCUT2D eigenvalue weighted by atomic mass is 16.6. The molecule has 59 heavy (non-hydrogen) atoms. The molecule has 1 unspecified atom stereocenters. The molecule has 0 heterocycles. The molecule has 0 aliphatic rings. The van der Waals surface area contributed by atoms with Crippen LogP contribution in [-0.2, 0) is 28.6 Å². The number of esters is 3. The van der Waals surface area contributed by atoms with Gasteiger partial charge >= 0.3 is 17.9 Å². The Morgan fingerprint density at radius 3 is 1.12 bits per heavy atom. The Kier molecular flexibility index (Phi) is 45.0. The predicted octanol–water partition coefficient (Wildman–Crippen LogP) is 15.9. The normalized spacial score (nSPS) is 12.7. The molecule has 0 radical (unpaired) electrons. The summed E-state index contributed by atoms with van der Waals surface area (Å²) in [5.41, 5.74) is 0. The number of unbranched alkanes of at least 4 members (excludes halogenated alkanes) is 20. The highest BCUT2D eigenvalue weighted by Crippen LogP contribution is 2.13. The maximum absolute atomic E-state index is 12.7. The van der Waals surface area contributed by atoms with Gasteiger partial charge in [0.25, 0.3) is 0 Å². The van der Waals surface area contributed by atoms with E-state index in [0.717, 1.165) is 128 Å². The van der Waals surface area contributed by atoms with E-state index in [1.54, 1.807) is 0 Å². The van der Waals surface area contributed by atoms with Crippen LogP contribution in [0, 0.1) is 0 Å². The summed E-state index contributed by atoms with van der Waals surface area (Å²) in [6.45, 7) is 6.39. The van der Waals surface area contributed by atoms with E-state index in [1.165, 1.54) is 57.8 Å². The van der Waals surface area contributed by atoms with Gasteiger partial charge in [-0.3, -0.25) is 14.4 Å². The molecule has 0 aromatic rings. The lowest BCUT2D eigenvalue weighted by molar-refractivity contribution is -0.167. The van der Waals surface area contributed by atoms with Gasteiger partial charge in [0.1, 0.15) is 13.2 Å². The minimum Gasteiger partial charge on any atom is -0.462 e. The number of hydrogen-bond donors (Lipinski definition) is 0. The first kappa shape index (κ1) is 55.9. The second kappa shape index (κ2) is 47.5. The third kappa shape index (κ3) is 45.8. The zero-order chi connectivity index (χ0) is 43.0. The van der Waals surface area contributed by atoms with Crippen molar-refractivity contribution in [2.24, 2.45) is 0 Å². The van der Waals surface area contributed by atoms with Crippen LogP contribution in [0.15, 0.2) is 72.9 Å². The van der Waals surface area contributed by atoms with Gasteiger partial charge in [0.2, 0.25) is 0 Å². The molecule has 6 heteroatoms. The molecule has 0 rings (SSSR count). The molecule has 6 nitrogen and oxygen atoms in total. The largest absolute Gasteiger partial charge is 0.462 e. The van der Waals surface area contributed by atoms with Crippen LogP contribution in [0.2, 0.25) is 0 Å². The van der Waals surface area contributed by atoms with E-state index in [4.69, 9.17) is 14.2 Å². The van der Waals surface area contributed by atoms with Gasteiger partial charge in [-0.25, -0.2) is 0 Å². The van der Waals surface area contributed by atoms with Crippen molar-refractivity contribution in [3.8, 4) is 0 Å². The number of carbonyl (C=O) groups is 3. The Balaban J connectivity index is 4.39. The smallest absolute Gasteiger partial charge is 0.306 e. The number of allylic oxidation sites excluding steroid dienone is 12. The first-order valence-corrected chi connectivity index (χ1v) is 24.4. The molecule has 0 saturated carbocycles. The van der Waals surface area contributed by atoms with Crippen LogP contribution in [-0.4, -0.2) is 37.2 Å². The topological polar surface area (TPSA) is 78.9 Å². The van der Waals surface area contributed by atoms with Crippen molar-refractivity contribution >= 4 is 17.9 Å². The van der Waals surface area contributed by atoms with Crippen molar-refractivity contribution in [1.82, 2.24) is 0 Å². The van der Waals surface area contributed by atoms with Gasteiger partial charge in [-0.15, -0.1) is 0 Å². The second-order valence-corrected chi connectivity index (χ2v) is 16.0. The number of rotatable bonds is 43. The van der Waals surface area contributed by atoms with E-state index in [0.29, 0.717) is 19.3 Å². The molecule has 0 amide bonds. The second-order valence-electron chi connectivity index (χ2n) is 16.0. The molecule has 0 fully saturated rings. The van der Waals surface area contributed by atoms with Crippen molar-refractivity contribution in [3.63, 3.8) is 0 Å². The number of carbonyl (C=O) groups excluding carboxylic acids is 3. The van der Waals surface area contributed by atoms with E-state index in [1.807, 2.05) is 0 Å². The van der Waals surface area contributed by atoms with Gasteiger partial charge in [-0.1, -0.05) is 184 Å². The molecular weight excluding hydrogens is 733 g/mol. The molecule has 1 atom stereocenters. The van der Waals surface area contributed by atoms with Crippen molar-refractivity contribution in [2.75, 3.05) is 13.2 Å². The Morgan fingerprint density at radius 2 is 0.695 bits per heavy atom. The molecule has 0 aromatic carbocycles. The third-order valence-electron chi connectivity index (χ3n) is 10.1. The lowest BCUT2D eigenvalue weighted by Gasteiger charge is -2.18. The van der Waals surface area contributed by atoms with Crippen LogP contribution in [0.1, 0.15) is 226 Å². The average Bonchev–Trinajstić information content (AvgIpc) is 3.23. The molecule has 0 bridgehead atoms. The van der Waals surface area contributed by atoms with Crippen LogP contribution in [0.4, 0.5) is 0 Å². The third-order valence-corrected chi connectivity index (χ3v) is 10.1. The quantitative estimate of drug-likeness (QED) is 0.0264. The maximum atomic E-state index is 12.7. The first-order chi connectivity index (χ1) is 29.0. The summed E-state index contributed by atoms with van der Waals surface area (Å²) in [5, 5.41) is 0. The summed E-state index contributed by atoms with van der Waals surface area (Å²) in [6, 6.07) is 0. The minimum absolute atomic E-state index is 0.0895. The van der Waals surface area contributed by atoms with E-state index in [-0.39, 0.29) is 31.1 Å². The lowest BCUT2D eigenvalue weighted by Crippen LogP contribution is -2.30. The van der Waals surface area contributed by atoms with E-state index in [9.17, 15) is 14.4 Å². The molecule has 0 aliphatic carbocycles. The van der Waals surface area contributed by atoms with Crippen LogP contribution >= 0.6 is 0 Å². The summed E-state index contributed by atoms with van der Waals surface area (Å²) in [4.78, 5) is 37.8. The van der Waals surface area contributed by atoms with Gasteiger partial charge in [-0.2, -0.15) is 0 Å². The van der Waals surface area contributed by atoms with Crippen LogP contribution < -0.4 is 0 Å². The summed E-state index contributed by atoms with van der Waals surface area (Å²) in [6.07, 6.45) is 58.8. The zero-order valence-electron chi connectivity index (χ0n) is 38.5. The monoisotopic (exact) mass is 823 g/mol. The molecule has 0 N–H and O–H groups in total. The predicted molar refractivity (Wildman–Crippen MR) is 251 cm³/mol. The summed E-state index contributed by atoms with van der Waals surface area (Å²) in [7, 11) is 0. The van der Waals surface area contributed by atoms with Crippen molar-refractivity contribution < 1.29 is 28.6 Å². The highest BCUT2D eigenvalue weighted by Gasteiger charge is 2.19. The van der Waals surface area contributed by atoms with Crippen LogP contribution in [0.3, 0.4) is 0 Å². The van der Waals surface area contributed by atoms with E-state index >= 15 is 0 Å². The lowest BCUT2D eigenvalue weighted by atomic mass is 10.1. The van der Waals surface area contributed by atoms with Gasteiger partial charge in [0, 0.05) is 19.3 Å². The van der Waals surface area contributed by atoms with Crippen molar-refractivity contribution in [1.29, 1.82) is 0 Å². The Labute approximate surface area is 363 Å². The standard InChI is InChI=1S/C53H90O6/c1-4-7-10-13-16-19-22-24-26-27-28-30-31-34-37-40-43-46-52(55)58-49-50(48-57-51(54)45-42-39-36-33-21-18-15-12-9-6-3)59-53(56)47-44-41-38-35-32-29-25-23-20-17-14-11-8-5-2/h7,10,12,14-17,19,23-26,50H,4-6,8-9,11,13,18,20-22,27-49H2,1-3H3/b10-7-,15-12-,17-14-,19-16-,25-23-,26-24-. The molecule has 0 saturated heterocycles. The highest BCUT2D eigenvalue weighted by molar-refractivity contribution is 5.71. The minimum atomic E-state index is -0.788. The molecular formula is C53H90O6. The van der Waals surface area contributed by atoms with Crippen LogP contribution in [0.5, 0.6) is 0 Å². The average molecular weight is 823 g/mol. The van der Waals surface area contributed by atoms with Gasteiger partial charge in [0.15, 0.2) is 6.10 Å². The summed E-state index contributed by atoms with van der Waals surface area (Å²) >= 11 is 0. The van der Waals surface area contributed by atoms with E-state index in [2.05, 4.69) is 93.7 Å². The maximum Gasteiger partial charge on any atom is 0.306 e. The van der Waals surface area contributed by atoms with Gasteiger partial charge < -0.3 is 14.2 Å². The van der Waals surface area contributed by atoms with Crippen molar-refractivity contribution in [2.45, 2.75) is 232 Å². The fourth-order valence-corrected chi connectivity index (χ4v) is 6.47. The molecule has 338 valence electrons. The molecule has 0 spiro atoms. The van der Waals surface area contributed by atoms with Gasteiger partial charge in [-0.05, 0) is 96.3 Å². The Morgan fingerprint density at radius 1 is 0.356 bits per heavy atom. The number of hydrogen-bond acceptors (Lipinski definition) is 6. The summed E-state index contributed by atoms with van der Waals surface area (Å²) < 4.78 is 16.7. The van der Waals surface area contributed by atoms with Crippen molar-refractivity contribution in [3.05, 3.63) is 72.9 Å². The van der Waals surface area contributed by atoms with Crippen LogP contribution in [0.25, 0.3) is 0 Å². The van der Waals surface area contributed by atoms with E-state index < -0.39 is 6.10 Å². The Bertz CT molecular complexity index is 1130. The molecule has 0 aromatic heterocycles. The Hall–Kier alpha value is -3.15. The zero-order valence-corrected chi connectivity index (χ0v) is 38.5. The number of ether oxygens (including phenoxy) is 3. The molecule has 0 aliphatic heterocycles. The van der Waals surface area contributed by atoms with Gasteiger partial charge in [0.05, 0.1) is 0 Å². The first-order valence-electron chi connectivity index (χ1n) is 24.4. The fourth-order valence-electron chi connectivity index (χ4n) is 6.47. The summed E-state index contributed by atoms with van der Waals surface area (Å²) in [5.74, 6) is -0.926.